The SMILES string of the molecule is CCCC[N+]1=C(C=CC2=C(Oc3ccc(CCC(=O)O)cc3)C(=CC=C3N(CCCCS(=O)(=O)O)c4ccc(S(=O)(=O)O)cc4C3(C)C)CCC2)C(C)(C)c2ccccc21. The summed E-state index contributed by atoms with van der Waals surface area (Å²) in [6, 6.07) is 20.6. The van der Waals surface area contributed by atoms with Crippen molar-refractivity contribution in [3.8, 4) is 5.75 Å². The Labute approximate surface area is 355 Å². The van der Waals surface area contributed by atoms with Gasteiger partial charge in [-0.25, -0.2) is 0 Å². The van der Waals surface area contributed by atoms with Crippen molar-refractivity contribution in [2.24, 2.45) is 0 Å². The Bertz CT molecular complexity index is 2510. The smallest absolute Gasteiger partial charge is 0.303 e. The van der Waals surface area contributed by atoms with Crippen LogP contribution in [0.4, 0.5) is 11.4 Å². The van der Waals surface area contributed by atoms with Crippen molar-refractivity contribution in [2.45, 2.75) is 108 Å². The molecule has 0 aromatic heterocycles. The molecule has 0 spiro atoms. The van der Waals surface area contributed by atoms with E-state index in [-0.39, 0.29) is 28.9 Å². The number of anilines is 1. The summed E-state index contributed by atoms with van der Waals surface area (Å²) in [5.74, 6) is 0.117. The third-order valence-electron chi connectivity index (χ3n) is 11.9. The number of carboxylic acids is 1. The fourth-order valence-electron chi connectivity index (χ4n) is 8.61. The van der Waals surface area contributed by atoms with E-state index >= 15 is 0 Å². The van der Waals surface area contributed by atoms with Crippen molar-refractivity contribution in [3.05, 3.63) is 130 Å². The van der Waals surface area contributed by atoms with Crippen LogP contribution in [0.25, 0.3) is 0 Å². The second kappa shape index (κ2) is 18.0. The molecule has 11 nitrogen and oxygen atoms in total. The lowest BCUT2D eigenvalue weighted by atomic mass is 9.81. The van der Waals surface area contributed by atoms with Gasteiger partial charge in [0.1, 0.15) is 18.1 Å². The zero-order chi connectivity index (χ0) is 43.5. The summed E-state index contributed by atoms with van der Waals surface area (Å²) >= 11 is 0. The minimum absolute atomic E-state index is 0.0328. The van der Waals surface area contributed by atoms with Crippen molar-refractivity contribution < 1.29 is 45.2 Å². The zero-order valence-corrected chi connectivity index (χ0v) is 36.8. The Balaban J connectivity index is 1.45. The van der Waals surface area contributed by atoms with Crippen LogP contribution < -0.4 is 9.64 Å². The molecular formula is C47H57N2O9S2+. The van der Waals surface area contributed by atoms with Crippen molar-refractivity contribution in [2.75, 3.05) is 23.7 Å². The molecule has 3 aromatic rings. The average Bonchev–Trinajstić information content (AvgIpc) is 3.54. The Morgan fingerprint density at radius 2 is 1.60 bits per heavy atom. The zero-order valence-electron chi connectivity index (χ0n) is 35.1. The quantitative estimate of drug-likeness (QED) is 0.0678. The summed E-state index contributed by atoms with van der Waals surface area (Å²) in [5, 5.41) is 9.21. The molecule has 0 unspecified atom stereocenters. The number of hydrogen-bond acceptors (Lipinski definition) is 7. The van der Waals surface area contributed by atoms with Gasteiger partial charge in [-0.1, -0.05) is 63.6 Å². The van der Waals surface area contributed by atoms with E-state index in [1.54, 1.807) is 6.07 Å². The number of carboxylic acid groups (broad SMARTS) is 1. The largest absolute Gasteiger partial charge is 0.481 e. The highest BCUT2D eigenvalue weighted by Gasteiger charge is 2.44. The number of aliphatic carboxylic acids is 1. The second-order valence-corrected chi connectivity index (χ2v) is 19.9. The summed E-state index contributed by atoms with van der Waals surface area (Å²) in [6.07, 6.45) is 14.1. The number of carbonyl (C=O) groups is 1. The number of benzene rings is 3. The molecule has 13 heteroatoms. The maximum atomic E-state index is 12.2. The number of nitrogens with zero attached hydrogens (tertiary/aromatic N) is 2. The van der Waals surface area contributed by atoms with Crippen molar-refractivity contribution in [3.63, 3.8) is 0 Å². The summed E-state index contributed by atoms with van der Waals surface area (Å²) in [6.45, 7) is 12.0. The molecule has 0 saturated heterocycles. The van der Waals surface area contributed by atoms with E-state index in [4.69, 9.17) is 4.74 Å². The third kappa shape index (κ3) is 10.0. The Morgan fingerprint density at radius 1 is 0.867 bits per heavy atom. The van der Waals surface area contributed by atoms with Gasteiger partial charge in [-0.2, -0.15) is 21.4 Å². The molecule has 2 heterocycles. The van der Waals surface area contributed by atoms with E-state index in [9.17, 15) is 35.8 Å². The highest BCUT2D eigenvalue weighted by Crippen LogP contribution is 2.49. The Kier molecular flexibility index (Phi) is 13.4. The van der Waals surface area contributed by atoms with Crippen LogP contribution in [0, 0.1) is 0 Å². The van der Waals surface area contributed by atoms with E-state index in [1.807, 2.05) is 44.2 Å². The van der Waals surface area contributed by atoms with Crippen LogP contribution >= 0.6 is 0 Å². The molecule has 0 amide bonds. The lowest BCUT2D eigenvalue weighted by Gasteiger charge is -2.27. The Hall–Kier alpha value is -4.82. The minimum atomic E-state index is -4.48. The maximum Gasteiger partial charge on any atom is 0.303 e. The van der Waals surface area contributed by atoms with E-state index in [0.29, 0.717) is 30.7 Å². The van der Waals surface area contributed by atoms with Crippen LogP contribution in [-0.4, -0.2) is 66.1 Å². The van der Waals surface area contributed by atoms with Crippen molar-refractivity contribution in [1.82, 2.24) is 0 Å². The van der Waals surface area contributed by atoms with Gasteiger partial charge >= 0.3 is 5.97 Å². The number of rotatable bonds is 17. The molecule has 60 heavy (non-hydrogen) atoms. The molecule has 3 aromatic carbocycles. The first-order valence-electron chi connectivity index (χ1n) is 20.7. The van der Waals surface area contributed by atoms with Gasteiger partial charge in [-0.15, -0.1) is 0 Å². The highest BCUT2D eigenvalue weighted by atomic mass is 32.2. The van der Waals surface area contributed by atoms with Gasteiger partial charge in [0.15, 0.2) is 5.71 Å². The molecule has 2 aliphatic heterocycles. The standard InChI is InChI=1S/C47H56N2O9S2/c1-6-7-29-48-40-16-9-8-15-38(40)46(2,3)42(48)26-20-34-13-12-14-35(45(34)58-36-22-17-33(18-23-36)19-28-44(50)51)21-27-43-47(4,5)39-32-37(60(55,56)57)24-25-41(39)49(43)30-10-11-31-59(52,53)54/h8-9,15-18,20-27,32H,6-7,10-14,19,28-31H2,1-5H3,(H2-,50,51,52,53,54,55,56,57)/p+1. The number of unbranched alkanes of at least 4 members (excludes halogenated alkanes) is 2. The number of para-hydroxylation sites is 1. The third-order valence-corrected chi connectivity index (χ3v) is 13.5. The monoisotopic (exact) mass is 857 g/mol. The lowest BCUT2D eigenvalue weighted by Crippen LogP contribution is -2.28. The molecule has 6 rings (SSSR count). The fraction of sp³-hybridized carbons (Fsp3) is 0.404. The first-order valence-corrected chi connectivity index (χ1v) is 23.8. The predicted molar refractivity (Wildman–Crippen MR) is 236 cm³/mol. The molecule has 3 N–H and O–H groups in total. The van der Waals surface area contributed by atoms with Crippen LogP contribution in [0.5, 0.6) is 5.75 Å². The number of fused-ring (bicyclic) bond motifs is 2. The van der Waals surface area contributed by atoms with E-state index < -0.39 is 31.6 Å². The Morgan fingerprint density at radius 3 is 2.28 bits per heavy atom. The predicted octanol–water partition coefficient (Wildman–Crippen LogP) is 9.48. The van der Waals surface area contributed by atoms with Gasteiger partial charge in [0.25, 0.3) is 20.2 Å². The van der Waals surface area contributed by atoms with Crippen molar-refractivity contribution >= 4 is 43.3 Å². The van der Waals surface area contributed by atoms with Gasteiger partial charge in [-0.05, 0) is 117 Å². The van der Waals surface area contributed by atoms with Crippen LogP contribution in [0.1, 0.15) is 103 Å². The number of hydrogen-bond donors (Lipinski definition) is 3. The number of allylic oxidation sites excluding steroid dienone is 7. The molecule has 0 saturated carbocycles. The molecule has 0 radical (unpaired) electrons. The topological polar surface area (TPSA) is 162 Å². The van der Waals surface area contributed by atoms with Crippen LogP contribution in [0.2, 0.25) is 0 Å². The fourth-order valence-corrected chi connectivity index (χ4v) is 9.69. The summed E-state index contributed by atoms with van der Waals surface area (Å²) in [5.41, 5.74) is 7.97. The van der Waals surface area contributed by atoms with E-state index in [2.05, 4.69) is 72.7 Å². The number of aryl methyl sites for hydroxylation is 1. The van der Waals surface area contributed by atoms with Gasteiger partial charge in [0.05, 0.1) is 16.1 Å². The summed E-state index contributed by atoms with van der Waals surface area (Å²) in [7, 11) is -8.61. The van der Waals surface area contributed by atoms with Crippen LogP contribution in [0.3, 0.4) is 0 Å². The molecular weight excluding hydrogens is 801 g/mol. The summed E-state index contributed by atoms with van der Waals surface area (Å²) < 4.78 is 76.0. The van der Waals surface area contributed by atoms with E-state index in [1.165, 1.54) is 29.1 Å². The van der Waals surface area contributed by atoms with Crippen LogP contribution in [0.15, 0.2) is 119 Å². The minimum Gasteiger partial charge on any atom is -0.481 e. The molecule has 0 atom stereocenters. The first-order chi connectivity index (χ1) is 28.3. The average molecular weight is 858 g/mol. The first kappa shape index (κ1) is 44.7. The van der Waals surface area contributed by atoms with E-state index in [0.717, 1.165) is 72.5 Å². The molecule has 0 fully saturated rings. The lowest BCUT2D eigenvalue weighted by molar-refractivity contribution is -0.438. The van der Waals surface area contributed by atoms with Gasteiger partial charge in [-0.3, -0.25) is 13.9 Å². The maximum absolute atomic E-state index is 12.2. The molecule has 0 bridgehead atoms. The van der Waals surface area contributed by atoms with Crippen LogP contribution in [-0.2, 0) is 42.3 Å². The van der Waals surface area contributed by atoms with Gasteiger partial charge in [0, 0.05) is 53.9 Å². The normalized spacial score (nSPS) is 18.8. The van der Waals surface area contributed by atoms with Gasteiger partial charge < -0.3 is 14.7 Å². The molecule has 320 valence electrons. The van der Waals surface area contributed by atoms with Gasteiger partial charge in [0.2, 0.25) is 5.69 Å². The molecule has 3 aliphatic rings. The molecule has 1 aliphatic carbocycles. The second-order valence-electron chi connectivity index (χ2n) is 16.9. The highest BCUT2D eigenvalue weighted by molar-refractivity contribution is 7.86. The van der Waals surface area contributed by atoms with Crippen molar-refractivity contribution in [1.29, 1.82) is 0 Å². The number of ether oxygens (including phenoxy) is 1. The summed E-state index contributed by atoms with van der Waals surface area (Å²) in [4.78, 5) is 13.1.